The van der Waals surface area contributed by atoms with Gasteiger partial charge in [0.15, 0.2) is 16.1 Å². The molecule has 0 spiro atoms. The van der Waals surface area contributed by atoms with Gasteiger partial charge in [-0.3, -0.25) is 4.90 Å². The number of rotatable bonds is 8. The first-order valence-electron chi connectivity index (χ1n) is 6.72. The molecule has 0 bridgehead atoms. The van der Waals surface area contributed by atoms with Gasteiger partial charge in [0.2, 0.25) is 0 Å². The Kier molecular flexibility index (Phi) is 7.68. The van der Waals surface area contributed by atoms with Crippen LogP contribution >= 0.6 is 11.8 Å². The van der Waals surface area contributed by atoms with Gasteiger partial charge < -0.3 is 9.47 Å². The van der Waals surface area contributed by atoms with E-state index in [0.29, 0.717) is 31.9 Å². The fourth-order valence-corrected chi connectivity index (χ4v) is 5.10. The lowest BCUT2D eigenvalue weighted by Crippen LogP contribution is -2.47. The third-order valence-corrected chi connectivity index (χ3v) is 5.73. The van der Waals surface area contributed by atoms with E-state index in [1.165, 1.54) is 6.26 Å². The second-order valence-electron chi connectivity index (χ2n) is 4.52. The Morgan fingerprint density at radius 1 is 1.32 bits per heavy atom. The van der Waals surface area contributed by atoms with Crippen LogP contribution in [0.1, 0.15) is 20.3 Å². The van der Waals surface area contributed by atoms with Crippen LogP contribution in [0.2, 0.25) is 0 Å². The Balaban J connectivity index is 2.52. The standard InChI is InChI=1S/C12H25NO4S2/c1-4-16-12(17-5-2)6-7-13-8-9-18-10-11(13)19(3,14)15/h11-12H,4-10H2,1-3H3. The molecule has 7 heteroatoms. The molecule has 1 unspecified atom stereocenters. The van der Waals surface area contributed by atoms with Gasteiger partial charge in [0.1, 0.15) is 5.37 Å². The molecule has 1 heterocycles. The van der Waals surface area contributed by atoms with E-state index in [4.69, 9.17) is 9.47 Å². The van der Waals surface area contributed by atoms with Gasteiger partial charge >= 0.3 is 0 Å². The summed E-state index contributed by atoms with van der Waals surface area (Å²) in [6, 6.07) is 0. The summed E-state index contributed by atoms with van der Waals surface area (Å²) in [4.78, 5) is 2.04. The zero-order chi connectivity index (χ0) is 14.3. The molecule has 0 aliphatic carbocycles. The van der Waals surface area contributed by atoms with Crippen LogP contribution < -0.4 is 0 Å². The molecule has 19 heavy (non-hydrogen) atoms. The quantitative estimate of drug-likeness (QED) is 0.628. The van der Waals surface area contributed by atoms with Gasteiger partial charge in [-0.25, -0.2) is 8.42 Å². The molecule has 0 aromatic carbocycles. The van der Waals surface area contributed by atoms with Gasteiger partial charge in [-0.1, -0.05) is 0 Å². The van der Waals surface area contributed by atoms with Crippen molar-refractivity contribution in [1.29, 1.82) is 0 Å². The fraction of sp³-hybridized carbons (Fsp3) is 1.00. The van der Waals surface area contributed by atoms with Crippen molar-refractivity contribution >= 4 is 21.6 Å². The molecule has 0 aromatic heterocycles. The molecule has 1 saturated heterocycles. The van der Waals surface area contributed by atoms with Gasteiger partial charge in [-0.2, -0.15) is 11.8 Å². The highest BCUT2D eigenvalue weighted by molar-refractivity contribution is 8.00. The highest BCUT2D eigenvalue weighted by atomic mass is 32.2. The van der Waals surface area contributed by atoms with Crippen LogP contribution in [0.5, 0.6) is 0 Å². The van der Waals surface area contributed by atoms with Gasteiger partial charge in [0.25, 0.3) is 0 Å². The maximum Gasteiger partial charge on any atom is 0.164 e. The minimum atomic E-state index is -3.02. The topological polar surface area (TPSA) is 55.8 Å². The molecule has 0 N–H and O–H groups in total. The lowest BCUT2D eigenvalue weighted by Gasteiger charge is -2.34. The maximum atomic E-state index is 11.8. The highest BCUT2D eigenvalue weighted by Gasteiger charge is 2.31. The monoisotopic (exact) mass is 311 g/mol. The largest absolute Gasteiger partial charge is 0.353 e. The van der Waals surface area contributed by atoms with Crippen molar-refractivity contribution < 1.29 is 17.9 Å². The zero-order valence-electron chi connectivity index (χ0n) is 12.0. The lowest BCUT2D eigenvalue weighted by molar-refractivity contribution is -0.141. The van der Waals surface area contributed by atoms with E-state index >= 15 is 0 Å². The summed E-state index contributed by atoms with van der Waals surface area (Å²) in [5.74, 6) is 1.65. The predicted octanol–water partition coefficient (Wildman–Crippen LogP) is 1.20. The molecule has 0 radical (unpaired) electrons. The first-order chi connectivity index (χ1) is 8.99. The van der Waals surface area contributed by atoms with Gasteiger partial charge in [0, 0.05) is 50.5 Å². The van der Waals surface area contributed by atoms with E-state index in [2.05, 4.69) is 0 Å². The smallest absolute Gasteiger partial charge is 0.164 e. The SMILES string of the molecule is CCOC(CCN1CCSCC1S(C)(=O)=O)OCC. The molecule has 114 valence electrons. The number of thioether (sulfide) groups is 1. The first-order valence-corrected chi connectivity index (χ1v) is 9.83. The molecular weight excluding hydrogens is 286 g/mol. The summed E-state index contributed by atoms with van der Waals surface area (Å²) in [6.07, 6.45) is 1.79. The van der Waals surface area contributed by atoms with Crippen molar-refractivity contribution in [3.8, 4) is 0 Å². The Morgan fingerprint density at radius 2 is 1.95 bits per heavy atom. The van der Waals surface area contributed by atoms with Gasteiger partial charge in [-0.15, -0.1) is 0 Å². The van der Waals surface area contributed by atoms with Crippen molar-refractivity contribution in [1.82, 2.24) is 4.90 Å². The van der Waals surface area contributed by atoms with E-state index < -0.39 is 9.84 Å². The van der Waals surface area contributed by atoms with Crippen LogP contribution in [-0.4, -0.2) is 69.0 Å². The Labute approximate surface area is 120 Å². The third kappa shape index (κ3) is 5.99. The van der Waals surface area contributed by atoms with E-state index in [1.54, 1.807) is 11.8 Å². The number of nitrogens with zero attached hydrogens (tertiary/aromatic N) is 1. The molecule has 5 nitrogen and oxygen atoms in total. The third-order valence-electron chi connectivity index (χ3n) is 3.04. The second kappa shape index (κ2) is 8.46. The first kappa shape index (κ1) is 17.2. The molecule has 1 fully saturated rings. The summed E-state index contributed by atoms with van der Waals surface area (Å²) in [7, 11) is -3.02. The Morgan fingerprint density at radius 3 is 2.47 bits per heavy atom. The highest BCUT2D eigenvalue weighted by Crippen LogP contribution is 2.21. The molecular formula is C12H25NO4S2. The zero-order valence-corrected chi connectivity index (χ0v) is 13.6. The van der Waals surface area contributed by atoms with Crippen molar-refractivity contribution in [2.45, 2.75) is 31.9 Å². The summed E-state index contributed by atoms with van der Waals surface area (Å²) >= 11 is 1.71. The van der Waals surface area contributed by atoms with Crippen LogP contribution in [0.4, 0.5) is 0 Å². The van der Waals surface area contributed by atoms with E-state index in [1.807, 2.05) is 18.7 Å². The number of sulfone groups is 1. The molecule has 1 aliphatic heterocycles. The molecule has 1 rings (SSSR count). The van der Waals surface area contributed by atoms with E-state index in [9.17, 15) is 8.42 Å². The van der Waals surface area contributed by atoms with E-state index in [-0.39, 0.29) is 11.7 Å². The summed E-state index contributed by atoms with van der Waals surface area (Å²) in [5.41, 5.74) is 0. The lowest BCUT2D eigenvalue weighted by atomic mass is 10.3. The minimum absolute atomic E-state index is 0.232. The number of hydrogen-bond acceptors (Lipinski definition) is 6. The average Bonchev–Trinajstić information content (AvgIpc) is 2.36. The van der Waals surface area contributed by atoms with Crippen molar-refractivity contribution in [3.63, 3.8) is 0 Å². The van der Waals surface area contributed by atoms with Crippen LogP contribution in [-0.2, 0) is 19.3 Å². The van der Waals surface area contributed by atoms with Gasteiger partial charge in [0.05, 0.1) is 0 Å². The molecule has 1 atom stereocenters. The predicted molar refractivity (Wildman–Crippen MR) is 79.2 cm³/mol. The average molecular weight is 311 g/mol. The summed E-state index contributed by atoms with van der Waals surface area (Å²) in [6.45, 7) is 6.59. The molecule has 1 aliphatic rings. The Hall–Kier alpha value is 0.180. The van der Waals surface area contributed by atoms with Crippen LogP contribution in [0.15, 0.2) is 0 Å². The number of ether oxygens (including phenoxy) is 2. The summed E-state index contributed by atoms with van der Waals surface area (Å²) in [5, 5.41) is -0.366. The van der Waals surface area contributed by atoms with Crippen LogP contribution in [0, 0.1) is 0 Å². The van der Waals surface area contributed by atoms with E-state index in [0.717, 1.165) is 12.3 Å². The van der Waals surface area contributed by atoms with Crippen LogP contribution in [0.3, 0.4) is 0 Å². The normalized spacial score (nSPS) is 22.0. The Bertz CT molecular complexity index is 342. The van der Waals surface area contributed by atoms with Crippen molar-refractivity contribution in [2.24, 2.45) is 0 Å². The minimum Gasteiger partial charge on any atom is -0.353 e. The summed E-state index contributed by atoms with van der Waals surface area (Å²) < 4.78 is 34.5. The maximum absolute atomic E-state index is 11.8. The number of hydrogen-bond donors (Lipinski definition) is 0. The molecule has 0 amide bonds. The van der Waals surface area contributed by atoms with Gasteiger partial charge in [-0.05, 0) is 13.8 Å². The fourth-order valence-electron chi connectivity index (χ4n) is 2.12. The van der Waals surface area contributed by atoms with Crippen molar-refractivity contribution in [3.05, 3.63) is 0 Å². The molecule has 0 saturated carbocycles. The second-order valence-corrected chi connectivity index (χ2v) is 7.88. The van der Waals surface area contributed by atoms with Crippen molar-refractivity contribution in [2.75, 3.05) is 44.1 Å². The van der Waals surface area contributed by atoms with Crippen LogP contribution in [0.25, 0.3) is 0 Å². The molecule has 0 aromatic rings.